The van der Waals surface area contributed by atoms with Gasteiger partial charge in [0.25, 0.3) is 10.0 Å². The van der Waals surface area contributed by atoms with E-state index in [0.717, 1.165) is 28.8 Å². The molecule has 0 saturated heterocycles. The number of nitrogens with one attached hydrogen (secondary N) is 2. The number of aryl methyl sites for hydroxylation is 1. The zero-order chi connectivity index (χ0) is 16.2. The Bertz CT molecular complexity index is 784. The van der Waals surface area contributed by atoms with Crippen LogP contribution in [0.3, 0.4) is 0 Å². The van der Waals surface area contributed by atoms with Gasteiger partial charge in [-0.15, -0.1) is 4.40 Å². The third kappa shape index (κ3) is 4.60. The van der Waals surface area contributed by atoms with Gasteiger partial charge in [-0.2, -0.15) is 0 Å². The van der Waals surface area contributed by atoms with E-state index in [1.54, 1.807) is 0 Å². The van der Waals surface area contributed by atoms with Crippen molar-refractivity contribution < 1.29 is 8.42 Å². The van der Waals surface area contributed by atoms with E-state index in [1.807, 2.05) is 62.4 Å². The molecule has 0 bridgehead atoms. The van der Waals surface area contributed by atoms with Gasteiger partial charge in [-0.3, -0.25) is 0 Å². The highest BCUT2D eigenvalue weighted by Gasteiger charge is 2.08. The molecule has 5 nitrogen and oxygen atoms in total. The van der Waals surface area contributed by atoms with Gasteiger partial charge in [-0.1, -0.05) is 30.3 Å². The molecular formula is C16H19N3O2S. The van der Waals surface area contributed by atoms with E-state index in [-0.39, 0.29) is 5.96 Å². The molecule has 0 aliphatic carbocycles. The lowest BCUT2D eigenvalue weighted by molar-refractivity contribution is 0.604. The average molecular weight is 317 g/mol. The number of hydrogen-bond acceptors (Lipinski definition) is 2. The van der Waals surface area contributed by atoms with Crippen molar-refractivity contribution in [2.24, 2.45) is 4.40 Å². The fraction of sp³-hybridized carbons (Fsp3) is 0.188. The molecule has 2 N–H and O–H groups in total. The van der Waals surface area contributed by atoms with Crippen molar-refractivity contribution in [3.63, 3.8) is 0 Å². The summed E-state index contributed by atoms with van der Waals surface area (Å²) in [6.45, 7) is 3.97. The summed E-state index contributed by atoms with van der Waals surface area (Å²) in [5.74, 6) is 0.169. The Morgan fingerprint density at radius 2 is 1.64 bits per heavy atom. The molecule has 0 amide bonds. The molecule has 0 aliphatic heterocycles. The summed E-state index contributed by atoms with van der Waals surface area (Å²) < 4.78 is 26.7. The summed E-state index contributed by atoms with van der Waals surface area (Å²) in [6, 6.07) is 15.1. The van der Waals surface area contributed by atoms with Crippen molar-refractivity contribution in [3.8, 4) is 0 Å². The summed E-state index contributed by atoms with van der Waals surface area (Å²) >= 11 is 0. The number of benzene rings is 2. The number of nitrogens with zero attached hydrogens (tertiary/aromatic N) is 1. The van der Waals surface area contributed by atoms with Crippen LogP contribution in [-0.4, -0.2) is 20.6 Å². The molecule has 0 spiro atoms. The number of guanidine groups is 1. The Balaban J connectivity index is 2.33. The standard InChI is InChI=1S/C16H19N3O2S/c1-12-8-7-11-15(13(12)2)18-16(19-22(3,20)21)17-14-9-5-4-6-10-14/h4-11H,1-3H3,(H2,17,18,19). The highest BCUT2D eigenvalue weighted by molar-refractivity contribution is 7.89. The van der Waals surface area contributed by atoms with Crippen molar-refractivity contribution >= 4 is 27.4 Å². The van der Waals surface area contributed by atoms with E-state index in [2.05, 4.69) is 15.0 Å². The Kier molecular flexibility index (Phi) is 4.82. The lowest BCUT2D eigenvalue weighted by Crippen LogP contribution is -2.24. The van der Waals surface area contributed by atoms with Crippen LogP contribution in [0.2, 0.25) is 0 Å². The van der Waals surface area contributed by atoms with Gasteiger partial charge in [0.2, 0.25) is 5.96 Å². The zero-order valence-electron chi connectivity index (χ0n) is 12.8. The molecule has 22 heavy (non-hydrogen) atoms. The Morgan fingerprint density at radius 1 is 0.955 bits per heavy atom. The predicted octanol–water partition coefficient (Wildman–Crippen LogP) is 3.14. The first-order chi connectivity index (χ1) is 10.3. The molecule has 6 heteroatoms. The molecule has 0 unspecified atom stereocenters. The molecule has 0 atom stereocenters. The summed E-state index contributed by atoms with van der Waals surface area (Å²) in [5, 5.41) is 6.04. The van der Waals surface area contributed by atoms with E-state index in [4.69, 9.17) is 0 Å². The lowest BCUT2D eigenvalue weighted by atomic mass is 10.1. The topological polar surface area (TPSA) is 70.6 Å². The SMILES string of the molecule is Cc1cccc(N/C(=N\S(C)(=O)=O)Nc2ccccc2)c1C. The minimum atomic E-state index is -3.52. The number of sulfonamides is 1. The van der Waals surface area contributed by atoms with Crippen LogP contribution in [0.1, 0.15) is 11.1 Å². The van der Waals surface area contributed by atoms with E-state index in [9.17, 15) is 8.42 Å². The van der Waals surface area contributed by atoms with Crippen LogP contribution in [0.15, 0.2) is 52.9 Å². The molecule has 0 fully saturated rings. The molecule has 0 aromatic heterocycles. The summed E-state index contributed by atoms with van der Waals surface area (Å²) in [4.78, 5) is 0. The van der Waals surface area contributed by atoms with Crippen LogP contribution in [-0.2, 0) is 10.0 Å². The van der Waals surface area contributed by atoms with Gasteiger partial charge in [0.15, 0.2) is 0 Å². The van der Waals surface area contributed by atoms with Gasteiger partial charge in [0, 0.05) is 11.4 Å². The summed E-state index contributed by atoms with van der Waals surface area (Å²) in [5.41, 5.74) is 3.72. The lowest BCUT2D eigenvalue weighted by Gasteiger charge is -2.14. The molecule has 0 aliphatic rings. The Labute approximate surface area is 131 Å². The first kappa shape index (κ1) is 16.0. The minimum Gasteiger partial charge on any atom is -0.325 e. The Morgan fingerprint density at radius 3 is 2.27 bits per heavy atom. The van der Waals surface area contributed by atoms with Crippen LogP contribution in [0, 0.1) is 13.8 Å². The van der Waals surface area contributed by atoms with Gasteiger partial charge in [0.05, 0.1) is 6.26 Å². The number of hydrogen-bond donors (Lipinski definition) is 2. The first-order valence-electron chi connectivity index (χ1n) is 6.80. The monoisotopic (exact) mass is 317 g/mol. The third-order valence-electron chi connectivity index (χ3n) is 3.15. The van der Waals surface area contributed by atoms with Crippen LogP contribution >= 0.6 is 0 Å². The molecule has 2 rings (SSSR count). The normalized spacial score (nSPS) is 12.0. The van der Waals surface area contributed by atoms with Crippen LogP contribution in [0.25, 0.3) is 0 Å². The van der Waals surface area contributed by atoms with Gasteiger partial charge in [-0.25, -0.2) is 8.42 Å². The van der Waals surface area contributed by atoms with Crippen molar-refractivity contribution in [2.45, 2.75) is 13.8 Å². The molecule has 0 heterocycles. The largest absolute Gasteiger partial charge is 0.325 e. The van der Waals surface area contributed by atoms with E-state index in [1.165, 1.54) is 0 Å². The summed E-state index contributed by atoms with van der Waals surface area (Å²) in [7, 11) is -3.52. The van der Waals surface area contributed by atoms with Crippen molar-refractivity contribution in [1.82, 2.24) is 0 Å². The second kappa shape index (κ2) is 6.62. The first-order valence-corrected chi connectivity index (χ1v) is 8.65. The predicted molar refractivity (Wildman–Crippen MR) is 91.9 cm³/mol. The third-order valence-corrected chi connectivity index (χ3v) is 3.67. The maximum Gasteiger partial charge on any atom is 0.253 e. The molecular weight excluding hydrogens is 298 g/mol. The quantitative estimate of drug-likeness (QED) is 0.674. The van der Waals surface area contributed by atoms with Gasteiger partial charge in [-0.05, 0) is 43.2 Å². The number of para-hydroxylation sites is 1. The van der Waals surface area contributed by atoms with E-state index >= 15 is 0 Å². The Hall–Kier alpha value is -2.34. The van der Waals surface area contributed by atoms with Gasteiger partial charge < -0.3 is 10.6 Å². The highest BCUT2D eigenvalue weighted by Crippen LogP contribution is 2.18. The van der Waals surface area contributed by atoms with E-state index in [0.29, 0.717) is 0 Å². The maximum absolute atomic E-state index is 11.5. The fourth-order valence-electron chi connectivity index (χ4n) is 1.91. The van der Waals surface area contributed by atoms with Crippen molar-refractivity contribution in [3.05, 3.63) is 59.7 Å². The molecule has 0 saturated carbocycles. The highest BCUT2D eigenvalue weighted by atomic mass is 32.2. The van der Waals surface area contributed by atoms with Gasteiger partial charge >= 0.3 is 0 Å². The average Bonchev–Trinajstić information content (AvgIpc) is 2.43. The zero-order valence-corrected chi connectivity index (χ0v) is 13.6. The summed E-state index contributed by atoms with van der Waals surface area (Å²) in [6.07, 6.45) is 1.06. The number of anilines is 2. The van der Waals surface area contributed by atoms with Crippen molar-refractivity contribution in [2.75, 3.05) is 16.9 Å². The smallest absolute Gasteiger partial charge is 0.253 e. The second-order valence-corrected chi connectivity index (χ2v) is 6.69. The molecule has 116 valence electrons. The van der Waals surface area contributed by atoms with Crippen LogP contribution in [0.5, 0.6) is 0 Å². The van der Waals surface area contributed by atoms with Crippen LogP contribution in [0.4, 0.5) is 11.4 Å². The maximum atomic E-state index is 11.5. The minimum absolute atomic E-state index is 0.169. The molecule has 0 radical (unpaired) electrons. The van der Waals surface area contributed by atoms with Crippen molar-refractivity contribution in [1.29, 1.82) is 0 Å². The van der Waals surface area contributed by atoms with Gasteiger partial charge in [0.1, 0.15) is 0 Å². The van der Waals surface area contributed by atoms with Crippen LogP contribution < -0.4 is 10.6 Å². The molecule has 2 aromatic rings. The molecule has 2 aromatic carbocycles. The van der Waals surface area contributed by atoms with E-state index < -0.39 is 10.0 Å². The second-order valence-electron chi connectivity index (χ2n) is 5.04. The number of rotatable bonds is 3. The fourth-order valence-corrected chi connectivity index (χ4v) is 2.34.